The van der Waals surface area contributed by atoms with Crippen LogP contribution in [0.5, 0.6) is 0 Å². The van der Waals surface area contributed by atoms with Gasteiger partial charge in [-0.05, 0) is 49.4 Å². The molecule has 24 heavy (non-hydrogen) atoms. The highest BCUT2D eigenvalue weighted by atomic mass is 32.2. The van der Waals surface area contributed by atoms with Crippen molar-refractivity contribution in [2.75, 3.05) is 6.54 Å². The van der Waals surface area contributed by atoms with Crippen molar-refractivity contribution in [2.24, 2.45) is 0 Å². The van der Waals surface area contributed by atoms with E-state index in [1.165, 1.54) is 0 Å². The Hall–Kier alpha value is -1.66. The van der Waals surface area contributed by atoms with Crippen LogP contribution < -0.4 is 0 Å². The summed E-state index contributed by atoms with van der Waals surface area (Å²) < 4.78 is 29.8. The van der Waals surface area contributed by atoms with Crippen LogP contribution in [-0.4, -0.2) is 29.0 Å². The first kappa shape index (κ1) is 17.2. The van der Waals surface area contributed by atoms with E-state index < -0.39 is 10.0 Å². The summed E-state index contributed by atoms with van der Waals surface area (Å²) in [5, 5.41) is 4.29. The van der Waals surface area contributed by atoms with Crippen molar-refractivity contribution in [1.29, 1.82) is 0 Å². The second kappa shape index (κ2) is 6.69. The third kappa shape index (κ3) is 3.00. The third-order valence-corrected chi connectivity index (χ3v) is 6.67. The molecule has 0 spiro atoms. The van der Waals surface area contributed by atoms with E-state index in [9.17, 15) is 8.42 Å². The minimum absolute atomic E-state index is 0.123. The van der Waals surface area contributed by atoms with E-state index in [0.717, 1.165) is 30.6 Å². The summed E-state index contributed by atoms with van der Waals surface area (Å²) in [5.74, 6) is 0.389. The molecule has 0 radical (unpaired) electrons. The highest BCUT2D eigenvalue weighted by Crippen LogP contribution is 2.36. The fourth-order valence-corrected chi connectivity index (χ4v) is 5.04. The van der Waals surface area contributed by atoms with Gasteiger partial charge in [-0.1, -0.05) is 26.0 Å². The molecule has 1 saturated heterocycles. The first-order chi connectivity index (χ1) is 11.4. The van der Waals surface area contributed by atoms with Crippen LogP contribution in [0.4, 0.5) is 0 Å². The predicted octanol–water partition coefficient (Wildman–Crippen LogP) is 3.55. The van der Waals surface area contributed by atoms with Crippen molar-refractivity contribution in [3.05, 3.63) is 47.8 Å². The molecule has 0 bridgehead atoms. The Morgan fingerprint density at radius 2 is 1.92 bits per heavy atom. The molecule has 0 aliphatic carbocycles. The first-order valence-corrected chi connectivity index (χ1v) is 10.0. The van der Waals surface area contributed by atoms with Gasteiger partial charge in [0.1, 0.15) is 0 Å². The normalized spacial score (nSPS) is 19.2. The van der Waals surface area contributed by atoms with Crippen molar-refractivity contribution < 1.29 is 8.42 Å². The van der Waals surface area contributed by atoms with E-state index in [4.69, 9.17) is 0 Å². The highest BCUT2D eigenvalue weighted by molar-refractivity contribution is 7.89. The zero-order chi connectivity index (χ0) is 17.3. The van der Waals surface area contributed by atoms with Gasteiger partial charge >= 0.3 is 0 Å². The number of hydrogen-bond donors (Lipinski definition) is 0. The van der Waals surface area contributed by atoms with Gasteiger partial charge in [0.15, 0.2) is 0 Å². The Morgan fingerprint density at radius 1 is 1.21 bits per heavy atom. The topological polar surface area (TPSA) is 55.2 Å². The standard InChI is InChI=1S/C18H25N3O2S/c1-4-20-17(11-12-19-20)18-6-5-13-21(18)24(22,23)16-9-7-15(8-10-16)14(2)3/h7-12,14,18H,4-6,13H2,1-3H3/t18-/m1/s1. The molecule has 130 valence electrons. The van der Waals surface area contributed by atoms with E-state index in [0.29, 0.717) is 17.4 Å². The molecule has 1 aromatic heterocycles. The second-order valence-electron chi connectivity index (χ2n) is 6.57. The number of sulfonamides is 1. The highest BCUT2D eigenvalue weighted by Gasteiger charge is 2.37. The van der Waals surface area contributed by atoms with E-state index in [2.05, 4.69) is 18.9 Å². The molecule has 0 saturated carbocycles. The molecule has 0 amide bonds. The van der Waals surface area contributed by atoms with Gasteiger partial charge in [-0.3, -0.25) is 4.68 Å². The molecule has 1 aliphatic heterocycles. The van der Waals surface area contributed by atoms with E-state index in [1.54, 1.807) is 22.6 Å². The first-order valence-electron chi connectivity index (χ1n) is 8.58. The maximum absolute atomic E-state index is 13.1. The summed E-state index contributed by atoms with van der Waals surface area (Å²) in [5.41, 5.74) is 2.13. The number of hydrogen-bond acceptors (Lipinski definition) is 3. The zero-order valence-electron chi connectivity index (χ0n) is 14.5. The van der Waals surface area contributed by atoms with E-state index >= 15 is 0 Å². The monoisotopic (exact) mass is 347 g/mol. The van der Waals surface area contributed by atoms with Crippen molar-refractivity contribution in [2.45, 2.75) is 57.0 Å². The molecule has 2 aromatic rings. The molecular weight excluding hydrogens is 322 g/mol. The Kier molecular flexibility index (Phi) is 4.78. The van der Waals surface area contributed by atoms with Crippen LogP contribution in [0.2, 0.25) is 0 Å². The van der Waals surface area contributed by atoms with Crippen molar-refractivity contribution in [3.8, 4) is 0 Å². The quantitative estimate of drug-likeness (QED) is 0.831. The summed E-state index contributed by atoms with van der Waals surface area (Å²) in [6, 6.07) is 9.11. The number of aryl methyl sites for hydroxylation is 1. The fourth-order valence-electron chi connectivity index (χ4n) is 3.37. The Balaban J connectivity index is 1.93. The Labute approximate surface area is 144 Å². The van der Waals surface area contributed by atoms with E-state index in [-0.39, 0.29) is 6.04 Å². The van der Waals surface area contributed by atoms with Gasteiger partial charge in [0, 0.05) is 19.3 Å². The molecule has 0 N–H and O–H groups in total. The van der Waals surface area contributed by atoms with E-state index in [1.807, 2.05) is 29.8 Å². The predicted molar refractivity (Wildman–Crippen MR) is 94.3 cm³/mol. The molecular formula is C18H25N3O2S. The number of benzene rings is 1. The van der Waals surface area contributed by atoms with Crippen LogP contribution in [0.25, 0.3) is 0 Å². The molecule has 0 unspecified atom stereocenters. The van der Waals surface area contributed by atoms with Crippen LogP contribution in [0, 0.1) is 0 Å². The van der Waals surface area contributed by atoms with Crippen LogP contribution in [-0.2, 0) is 16.6 Å². The second-order valence-corrected chi connectivity index (χ2v) is 8.46. The summed E-state index contributed by atoms with van der Waals surface area (Å²) in [6.07, 6.45) is 3.47. The maximum atomic E-state index is 13.1. The largest absolute Gasteiger partial charge is 0.268 e. The fraction of sp³-hybridized carbons (Fsp3) is 0.500. The molecule has 3 rings (SSSR count). The lowest BCUT2D eigenvalue weighted by atomic mass is 10.0. The molecule has 6 heteroatoms. The molecule has 1 atom stereocenters. The molecule has 1 aromatic carbocycles. The van der Waals surface area contributed by atoms with Crippen molar-refractivity contribution >= 4 is 10.0 Å². The molecule has 2 heterocycles. The van der Waals surface area contributed by atoms with Gasteiger partial charge in [-0.2, -0.15) is 9.40 Å². The number of rotatable bonds is 5. The van der Waals surface area contributed by atoms with Crippen LogP contribution in [0.3, 0.4) is 0 Å². The van der Waals surface area contributed by atoms with Crippen molar-refractivity contribution in [1.82, 2.24) is 14.1 Å². The van der Waals surface area contributed by atoms with Crippen LogP contribution in [0.1, 0.15) is 56.8 Å². The summed E-state index contributed by atoms with van der Waals surface area (Å²) in [6.45, 7) is 7.54. The number of aromatic nitrogens is 2. The maximum Gasteiger partial charge on any atom is 0.243 e. The van der Waals surface area contributed by atoms with Gasteiger partial charge in [-0.25, -0.2) is 8.42 Å². The van der Waals surface area contributed by atoms with Gasteiger partial charge in [0.2, 0.25) is 10.0 Å². The lowest BCUT2D eigenvalue weighted by Gasteiger charge is -2.25. The van der Waals surface area contributed by atoms with Crippen LogP contribution >= 0.6 is 0 Å². The summed E-state index contributed by atoms with van der Waals surface area (Å²) in [4.78, 5) is 0.376. The third-order valence-electron chi connectivity index (χ3n) is 4.75. The zero-order valence-corrected chi connectivity index (χ0v) is 15.3. The lowest BCUT2D eigenvalue weighted by Crippen LogP contribution is -2.31. The SMILES string of the molecule is CCn1nccc1[C@H]1CCCN1S(=O)(=O)c1ccc(C(C)C)cc1. The number of nitrogens with zero attached hydrogens (tertiary/aromatic N) is 3. The van der Waals surface area contributed by atoms with Crippen LogP contribution in [0.15, 0.2) is 41.4 Å². The molecule has 1 aliphatic rings. The summed E-state index contributed by atoms with van der Waals surface area (Å²) >= 11 is 0. The minimum Gasteiger partial charge on any atom is -0.268 e. The Bertz CT molecular complexity index is 794. The van der Waals surface area contributed by atoms with Gasteiger partial charge < -0.3 is 0 Å². The average molecular weight is 347 g/mol. The van der Waals surface area contributed by atoms with Gasteiger partial charge in [0.25, 0.3) is 0 Å². The van der Waals surface area contributed by atoms with Gasteiger partial charge in [0.05, 0.1) is 16.6 Å². The average Bonchev–Trinajstić information content (AvgIpc) is 3.23. The smallest absolute Gasteiger partial charge is 0.243 e. The minimum atomic E-state index is -3.49. The lowest BCUT2D eigenvalue weighted by molar-refractivity contribution is 0.376. The van der Waals surface area contributed by atoms with Crippen molar-refractivity contribution in [3.63, 3.8) is 0 Å². The summed E-state index contributed by atoms with van der Waals surface area (Å²) in [7, 11) is -3.49. The van der Waals surface area contributed by atoms with Gasteiger partial charge in [-0.15, -0.1) is 0 Å². The molecule has 1 fully saturated rings. The Morgan fingerprint density at radius 3 is 2.54 bits per heavy atom. The molecule has 5 nitrogen and oxygen atoms in total.